The zero-order valence-electron chi connectivity index (χ0n) is 17.7. The van der Waals surface area contributed by atoms with Gasteiger partial charge >= 0.3 is 6.18 Å². The molecule has 1 aliphatic heterocycles. The molecule has 176 valence electrons. The first kappa shape index (κ1) is 26.1. The van der Waals surface area contributed by atoms with E-state index in [9.17, 15) is 17.6 Å². The van der Waals surface area contributed by atoms with Crippen LogP contribution in [0.1, 0.15) is 23.6 Å². The molecule has 1 aromatic carbocycles. The number of anilines is 1. The third-order valence-corrected chi connectivity index (χ3v) is 4.88. The Bertz CT molecular complexity index is 908. The van der Waals surface area contributed by atoms with E-state index in [0.29, 0.717) is 25.2 Å². The van der Waals surface area contributed by atoms with Crippen molar-refractivity contribution >= 4 is 35.8 Å². The smallest absolute Gasteiger partial charge is 0.375 e. The lowest BCUT2D eigenvalue weighted by molar-refractivity contribution is -0.138. The molecular formula is C21H26F4IN5O. The van der Waals surface area contributed by atoms with Crippen molar-refractivity contribution in [2.24, 2.45) is 4.99 Å². The minimum absolute atomic E-state index is 0. The Kier molecular flexibility index (Phi) is 9.49. The van der Waals surface area contributed by atoms with E-state index in [1.54, 1.807) is 6.20 Å². The Balaban J connectivity index is 0.00000363. The third kappa shape index (κ3) is 7.19. The van der Waals surface area contributed by atoms with Crippen molar-refractivity contribution in [3.05, 3.63) is 59.0 Å². The molecule has 0 aliphatic carbocycles. The second kappa shape index (κ2) is 11.6. The van der Waals surface area contributed by atoms with Crippen molar-refractivity contribution < 1.29 is 22.3 Å². The van der Waals surface area contributed by atoms with Crippen LogP contribution in [0, 0.1) is 5.82 Å². The average Bonchev–Trinajstić information content (AvgIpc) is 2.74. The first-order chi connectivity index (χ1) is 14.8. The zero-order chi connectivity index (χ0) is 22.4. The van der Waals surface area contributed by atoms with Gasteiger partial charge in [0.05, 0.1) is 18.3 Å². The highest BCUT2D eigenvalue weighted by molar-refractivity contribution is 14.0. The quantitative estimate of drug-likeness (QED) is 0.248. The molecule has 0 saturated carbocycles. The van der Waals surface area contributed by atoms with Crippen molar-refractivity contribution in [2.75, 3.05) is 31.6 Å². The third-order valence-electron chi connectivity index (χ3n) is 4.88. The zero-order valence-corrected chi connectivity index (χ0v) is 20.1. The van der Waals surface area contributed by atoms with Gasteiger partial charge in [-0.15, -0.1) is 24.0 Å². The van der Waals surface area contributed by atoms with E-state index < -0.39 is 17.6 Å². The van der Waals surface area contributed by atoms with Gasteiger partial charge in [0.1, 0.15) is 11.6 Å². The van der Waals surface area contributed by atoms with Crippen LogP contribution in [-0.2, 0) is 24.0 Å². The second-order valence-electron chi connectivity index (χ2n) is 7.23. The fourth-order valence-corrected chi connectivity index (χ4v) is 3.29. The predicted octanol–water partition coefficient (Wildman–Crippen LogP) is 3.95. The first-order valence-electron chi connectivity index (χ1n) is 9.88. The summed E-state index contributed by atoms with van der Waals surface area (Å²) in [5.74, 6) is 0.266. The van der Waals surface area contributed by atoms with E-state index in [4.69, 9.17) is 4.74 Å². The highest BCUT2D eigenvalue weighted by Gasteiger charge is 2.33. The molecule has 11 heteroatoms. The van der Waals surface area contributed by atoms with Gasteiger partial charge in [0.15, 0.2) is 5.96 Å². The lowest BCUT2D eigenvalue weighted by Crippen LogP contribution is -2.41. The van der Waals surface area contributed by atoms with Crippen LogP contribution in [0.2, 0.25) is 0 Å². The number of ether oxygens (including phenoxy) is 1. The first-order valence-corrected chi connectivity index (χ1v) is 9.88. The lowest BCUT2D eigenvalue weighted by Gasteiger charge is -2.32. The van der Waals surface area contributed by atoms with Gasteiger partial charge in [-0.3, -0.25) is 4.99 Å². The summed E-state index contributed by atoms with van der Waals surface area (Å²) in [6.07, 6.45) is -2.73. The summed E-state index contributed by atoms with van der Waals surface area (Å²) < 4.78 is 58.2. The van der Waals surface area contributed by atoms with E-state index in [1.807, 2.05) is 19.1 Å². The maximum absolute atomic E-state index is 13.2. The standard InChI is InChI=1S/C21H25F4N5O.HI/c1-14-13-30(7-8-31-14)19-6-3-15(10-27-19)11-28-20(26-2)29-12-16-4-5-17(22)9-18(16)21(23,24)25;/h3-6,9-10,14H,7-8,11-13H2,1-2H3,(H2,26,28,29);1H. The maximum atomic E-state index is 13.2. The summed E-state index contributed by atoms with van der Waals surface area (Å²) in [6, 6.07) is 6.48. The number of morpholine rings is 1. The van der Waals surface area contributed by atoms with Crippen LogP contribution in [0.3, 0.4) is 0 Å². The molecule has 1 atom stereocenters. The Morgan fingerprint density at radius 3 is 2.59 bits per heavy atom. The number of aliphatic imine (C=N–C) groups is 1. The summed E-state index contributed by atoms with van der Waals surface area (Å²) in [6.45, 7) is 4.49. The summed E-state index contributed by atoms with van der Waals surface area (Å²) in [5, 5.41) is 5.87. The summed E-state index contributed by atoms with van der Waals surface area (Å²) >= 11 is 0. The van der Waals surface area contributed by atoms with Crippen molar-refractivity contribution in [2.45, 2.75) is 32.3 Å². The average molecular weight is 567 g/mol. The monoisotopic (exact) mass is 567 g/mol. The molecule has 32 heavy (non-hydrogen) atoms. The normalized spacial score (nSPS) is 17.0. The van der Waals surface area contributed by atoms with Crippen LogP contribution < -0.4 is 15.5 Å². The summed E-state index contributed by atoms with van der Waals surface area (Å²) in [5.41, 5.74) is -0.180. The van der Waals surface area contributed by atoms with Crippen molar-refractivity contribution in [1.82, 2.24) is 15.6 Å². The van der Waals surface area contributed by atoms with Gasteiger partial charge in [-0.1, -0.05) is 12.1 Å². The van der Waals surface area contributed by atoms with Crippen LogP contribution in [0.15, 0.2) is 41.5 Å². The molecule has 3 rings (SSSR count). The minimum Gasteiger partial charge on any atom is -0.375 e. The Morgan fingerprint density at radius 2 is 1.97 bits per heavy atom. The van der Waals surface area contributed by atoms with Gasteiger partial charge in [-0.05, 0) is 36.2 Å². The Hall–Kier alpha value is -2.15. The largest absolute Gasteiger partial charge is 0.416 e. The van der Waals surface area contributed by atoms with Crippen molar-refractivity contribution in [1.29, 1.82) is 0 Å². The molecule has 1 fully saturated rings. The second-order valence-corrected chi connectivity index (χ2v) is 7.23. The molecular weight excluding hydrogens is 541 g/mol. The van der Waals surface area contributed by atoms with E-state index in [2.05, 4.69) is 25.5 Å². The van der Waals surface area contributed by atoms with Crippen LogP contribution in [0.4, 0.5) is 23.4 Å². The van der Waals surface area contributed by atoms with E-state index in [-0.39, 0.29) is 42.2 Å². The molecule has 0 spiro atoms. The predicted molar refractivity (Wildman–Crippen MR) is 126 cm³/mol. The number of aromatic nitrogens is 1. The Morgan fingerprint density at radius 1 is 1.22 bits per heavy atom. The highest BCUT2D eigenvalue weighted by Crippen LogP contribution is 2.32. The molecule has 0 radical (unpaired) electrons. The Labute approximate surface area is 201 Å². The molecule has 2 N–H and O–H groups in total. The SMILES string of the molecule is CN=C(NCc1ccc(N2CCOC(C)C2)nc1)NCc1ccc(F)cc1C(F)(F)F.I. The highest BCUT2D eigenvalue weighted by atomic mass is 127. The molecule has 0 amide bonds. The van der Waals surface area contributed by atoms with E-state index in [0.717, 1.165) is 36.6 Å². The van der Waals surface area contributed by atoms with Gasteiger partial charge in [-0.25, -0.2) is 9.37 Å². The minimum atomic E-state index is -4.64. The summed E-state index contributed by atoms with van der Waals surface area (Å²) in [4.78, 5) is 10.7. The fourth-order valence-electron chi connectivity index (χ4n) is 3.29. The number of guanidine groups is 1. The molecule has 6 nitrogen and oxygen atoms in total. The van der Waals surface area contributed by atoms with Crippen LogP contribution in [-0.4, -0.2) is 43.8 Å². The van der Waals surface area contributed by atoms with Gasteiger partial charge in [0.2, 0.25) is 0 Å². The molecule has 0 bridgehead atoms. The van der Waals surface area contributed by atoms with E-state index >= 15 is 0 Å². The lowest BCUT2D eigenvalue weighted by atomic mass is 10.1. The summed E-state index contributed by atoms with van der Waals surface area (Å²) in [7, 11) is 1.52. The molecule has 1 aromatic heterocycles. The van der Waals surface area contributed by atoms with Gasteiger partial charge in [-0.2, -0.15) is 13.2 Å². The van der Waals surface area contributed by atoms with Gasteiger partial charge in [0.25, 0.3) is 0 Å². The number of benzene rings is 1. The number of alkyl halides is 3. The molecule has 1 unspecified atom stereocenters. The molecule has 1 saturated heterocycles. The van der Waals surface area contributed by atoms with E-state index in [1.165, 1.54) is 7.05 Å². The number of nitrogens with one attached hydrogen (secondary N) is 2. The number of halogens is 5. The maximum Gasteiger partial charge on any atom is 0.416 e. The molecule has 2 aromatic rings. The van der Waals surface area contributed by atoms with Crippen LogP contribution in [0.5, 0.6) is 0 Å². The molecule has 1 aliphatic rings. The number of nitrogens with zero attached hydrogens (tertiary/aromatic N) is 3. The van der Waals surface area contributed by atoms with Crippen molar-refractivity contribution in [3.63, 3.8) is 0 Å². The number of pyridine rings is 1. The van der Waals surface area contributed by atoms with Gasteiger partial charge in [0, 0.05) is 39.4 Å². The van der Waals surface area contributed by atoms with Gasteiger partial charge < -0.3 is 20.3 Å². The number of hydrogen-bond acceptors (Lipinski definition) is 4. The number of rotatable bonds is 5. The fraction of sp³-hybridized carbons (Fsp3) is 0.429. The van der Waals surface area contributed by atoms with Crippen molar-refractivity contribution in [3.8, 4) is 0 Å². The topological polar surface area (TPSA) is 61.8 Å². The van der Waals surface area contributed by atoms with Crippen LogP contribution >= 0.6 is 24.0 Å². The van der Waals surface area contributed by atoms with Crippen LogP contribution in [0.25, 0.3) is 0 Å². The number of hydrogen-bond donors (Lipinski definition) is 2. The molecule has 2 heterocycles.